The molecule has 0 unspecified atom stereocenters. The summed E-state index contributed by atoms with van der Waals surface area (Å²) in [5.74, 6) is -0.290. The van der Waals surface area contributed by atoms with E-state index in [2.05, 4.69) is 10.6 Å². The van der Waals surface area contributed by atoms with E-state index in [-0.39, 0.29) is 12.5 Å². The lowest BCUT2D eigenvalue weighted by atomic mass is 10.4. The van der Waals surface area contributed by atoms with E-state index >= 15 is 0 Å². The van der Waals surface area contributed by atoms with Crippen LogP contribution >= 0.6 is 0 Å². The summed E-state index contributed by atoms with van der Waals surface area (Å²) >= 11 is 0. The Morgan fingerprint density at radius 2 is 2.00 bits per heavy atom. The molecule has 0 bridgehead atoms. The number of piperazine rings is 1. The highest BCUT2D eigenvalue weighted by Crippen LogP contribution is 2.10. The van der Waals surface area contributed by atoms with Crippen LogP contribution < -0.4 is 10.6 Å². The van der Waals surface area contributed by atoms with E-state index in [1.165, 1.54) is 15.7 Å². The van der Waals surface area contributed by atoms with Crippen LogP contribution in [-0.2, 0) is 15.0 Å². The van der Waals surface area contributed by atoms with Gasteiger partial charge in [-0.1, -0.05) is 6.92 Å². The molecule has 0 spiro atoms. The molecule has 106 valence electrons. The average molecular weight is 278 g/mol. The summed E-state index contributed by atoms with van der Waals surface area (Å²) in [6.45, 7) is 4.35. The molecule has 1 fully saturated rings. The Kier molecular flexibility index (Phi) is 6.00. The molecule has 0 aromatic heterocycles. The predicted molar refractivity (Wildman–Crippen MR) is 69.3 cm³/mol. The maximum atomic E-state index is 12.4. The van der Waals surface area contributed by atoms with Crippen molar-refractivity contribution in [2.75, 3.05) is 46.3 Å². The van der Waals surface area contributed by atoms with Crippen LogP contribution in [-0.4, -0.2) is 69.3 Å². The fourth-order valence-electron chi connectivity index (χ4n) is 1.80. The van der Waals surface area contributed by atoms with E-state index in [0.29, 0.717) is 39.1 Å². The monoisotopic (exact) mass is 278 g/mol. The largest absolute Gasteiger partial charge is 0.358 e. The predicted octanol–water partition coefficient (Wildman–Crippen LogP) is -1.41. The quantitative estimate of drug-likeness (QED) is 0.626. The number of hydrogen-bond acceptors (Lipinski definition) is 4. The Bertz CT molecular complexity index is 365. The van der Waals surface area contributed by atoms with Gasteiger partial charge in [0.2, 0.25) is 5.91 Å². The van der Waals surface area contributed by atoms with E-state index in [4.69, 9.17) is 0 Å². The second-order valence-electron chi connectivity index (χ2n) is 4.16. The van der Waals surface area contributed by atoms with Crippen LogP contribution in [0.15, 0.2) is 0 Å². The lowest BCUT2D eigenvalue weighted by molar-refractivity contribution is -0.120. The first-order valence-corrected chi connectivity index (χ1v) is 7.58. The van der Waals surface area contributed by atoms with E-state index < -0.39 is 10.2 Å². The topological polar surface area (TPSA) is 81.8 Å². The van der Waals surface area contributed by atoms with Crippen molar-refractivity contribution in [1.29, 1.82) is 0 Å². The third kappa shape index (κ3) is 3.91. The molecule has 1 heterocycles. The van der Waals surface area contributed by atoms with E-state index in [1.54, 1.807) is 0 Å². The van der Waals surface area contributed by atoms with Gasteiger partial charge in [-0.2, -0.15) is 17.0 Å². The third-order valence-corrected chi connectivity index (χ3v) is 4.78. The molecule has 0 radical (unpaired) electrons. The molecule has 0 aromatic carbocycles. The number of nitrogens with zero attached hydrogens (tertiary/aromatic N) is 2. The van der Waals surface area contributed by atoms with Crippen LogP contribution in [0, 0.1) is 0 Å². The van der Waals surface area contributed by atoms with Gasteiger partial charge in [-0.25, -0.2) is 0 Å². The van der Waals surface area contributed by atoms with Crippen molar-refractivity contribution in [3.8, 4) is 0 Å². The van der Waals surface area contributed by atoms with Crippen LogP contribution in [0.2, 0.25) is 0 Å². The second-order valence-corrected chi connectivity index (χ2v) is 6.09. The van der Waals surface area contributed by atoms with Gasteiger partial charge in [0.15, 0.2) is 0 Å². The number of carbonyl (C=O) groups is 1. The fourth-order valence-corrected chi connectivity index (χ4v) is 3.47. The minimum Gasteiger partial charge on any atom is -0.358 e. The summed E-state index contributed by atoms with van der Waals surface area (Å²) in [5, 5.41) is 5.56. The number of nitrogens with one attached hydrogen (secondary N) is 2. The normalized spacial score (nSPS) is 17.9. The van der Waals surface area contributed by atoms with Crippen LogP contribution in [0.4, 0.5) is 0 Å². The molecular formula is C10H22N4O3S. The van der Waals surface area contributed by atoms with Gasteiger partial charge in [0.05, 0.1) is 6.54 Å². The molecule has 0 aromatic rings. The zero-order valence-corrected chi connectivity index (χ0v) is 11.8. The number of rotatable bonds is 6. The first-order chi connectivity index (χ1) is 8.52. The molecule has 18 heavy (non-hydrogen) atoms. The molecule has 2 N–H and O–H groups in total. The fraction of sp³-hybridized carbons (Fsp3) is 0.900. The molecule has 1 saturated heterocycles. The number of carbonyl (C=O) groups excluding carboxylic acids is 1. The van der Waals surface area contributed by atoms with E-state index in [1.807, 2.05) is 6.92 Å². The van der Waals surface area contributed by atoms with Crippen molar-refractivity contribution < 1.29 is 13.2 Å². The molecule has 1 aliphatic rings. The minimum absolute atomic E-state index is 0.114. The zero-order chi connectivity index (χ0) is 13.6. The molecule has 0 aliphatic carbocycles. The molecule has 1 aliphatic heterocycles. The lowest BCUT2D eigenvalue weighted by Gasteiger charge is -2.31. The van der Waals surface area contributed by atoms with E-state index in [0.717, 1.165) is 0 Å². The Hall–Kier alpha value is -0.700. The van der Waals surface area contributed by atoms with Gasteiger partial charge in [-0.15, -0.1) is 0 Å². The SMILES string of the molecule is CCCN(CC(=O)NC)S(=O)(=O)N1CCNCC1. The average Bonchev–Trinajstić information content (AvgIpc) is 2.39. The van der Waals surface area contributed by atoms with Gasteiger partial charge < -0.3 is 10.6 Å². The highest BCUT2D eigenvalue weighted by molar-refractivity contribution is 7.86. The van der Waals surface area contributed by atoms with Gasteiger partial charge in [0.1, 0.15) is 0 Å². The number of likely N-dealkylation sites (N-methyl/N-ethyl adjacent to an activating group) is 1. The highest BCUT2D eigenvalue weighted by atomic mass is 32.2. The molecule has 1 rings (SSSR count). The maximum absolute atomic E-state index is 12.4. The molecule has 7 nitrogen and oxygen atoms in total. The van der Waals surface area contributed by atoms with Crippen molar-refractivity contribution in [1.82, 2.24) is 19.2 Å². The maximum Gasteiger partial charge on any atom is 0.282 e. The molecule has 0 saturated carbocycles. The lowest BCUT2D eigenvalue weighted by Crippen LogP contribution is -2.53. The van der Waals surface area contributed by atoms with Gasteiger partial charge in [0.25, 0.3) is 10.2 Å². The minimum atomic E-state index is -3.53. The highest BCUT2D eigenvalue weighted by Gasteiger charge is 2.31. The number of hydrogen-bond donors (Lipinski definition) is 2. The van der Waals surface area contributed by atoms with E-state index in [9.17, 15) is 13.2 Å². The van der Waals surface area contributed by atoms with Crippen molar-refractivity contribution in [2.45, 2.75) is 13.3 Å². The van der Waals surface area contributed by atoms with Crippen LogP contribution in [0.1, 0.15) is 13.3 Å². The Morgan fingerprint density at radius 1 is 1.39 bits per heavy atom. The molecular weight excluding hydrogens is 256 g/mol. The summed E-state index contributed by atoms with van der Waals surface area (Å²) in [7, 11) is -2.02. The molecule has 0 atom stereocenters. The van der Waals surface area contributed by atoms with Gasteiger partial charge >= 0.3 is 0 Å². The molecule has 1 amide bonds. The van der Waals surface area contributed by atoms with Crippen LogP contribution in [0.5, 0.6) is 0 Å². The first-order valence-electron chi connectivity index (χ1n) is 6.19. The van der Waals surface area contributed by atoms with Crippen LogP contribution in [0.25, 0.3) is 0 Å². The van der Waals surface area contributed by atoms with Gasteiger partial charge in [-0.3, -0.25) is 4.79 Å². The molecule has 8 heteroatoms. The summed E-state index contributed by atoms with van der Waals surface area (Å²) in [5.41, 5.74) is 0. The summed E-state index contributed by atoms with van der Waals surface area (Å²) in [6.07, 6.45) is 0.683. The smallest absolute Gasteiger partial charge is 0.282 e. The summed E-state index contributed by atoms with van der Waals surface area (Å²) < 4.78 is 27.4. The first kappa shape index (κ1) is 15.4. The zero-order valence-electron chi connectivity index (χ0n) is 11.0. The van der Waals surface area contributed by atoms with Crippen molar-refractivity contribution in [3.05, 3.63) is 0 Å². The summed E-state index contributed by atoms with van der Waals surface area (Å²) in [4.78, 5) is 11.4. The standard InChI is InChI=1S/C10H22N4O3S/c1-3-6-14(9-10(15)11-2)18(16,17)13-7-4-12-5-8-13/h12H,3-9H2,1-2H3,(H,11,15). The Morgan fingerprint density at radius 3 is 2.50 bits per heavy atom. The van der Waals surface area contributed by atoms with Crippen molar-refractivity contribution in [2.24, 2.45) is 0 Å². The van der Waals surface area contributed by atoms with Crippen molar-refractivity contribution in [3.63, 3.8) is 0 Å². The Balaban J connectivity index is 2.78. The van der Waals surface area contributed by atoms with Gasteiger partial charge in [-0.05, 0) is 6.42 Å². The summed E-state index contributed by atoms with van der Waals surface area (Å²) in [6, 6.07) is 0. The van der Waals surface area contributed by atoms with Crippen molar-refractivity contribution >= 4 is 16.1 Å². The van der Waals surface area contributed by atoms with Crippen LogP contribution in [0.3, 0.4) is 0 Å². The second kappa shape index (κ2) is 7.03. The number of amides is 1. The third-order valence-electron chi connectivity index (χ3n) is 2.80. The Labute approximate surface area is 109 Å². The van der Waals surface area contributed by atoms with Gasteiger partial charge in [0, 0.05) is 39.8 Å².